The molecule has 3 aromatic rings. The number of nitrogens with zero attached hydrogens (tertiary/aromatic N) is 2. The summed E-state index contributed by atoms with van der Waals surface area (Å²) in [6, 6.07) is 3.28. The molecule has 1 amide bonds. The van der Waals surface area contributed by atoms with Crippen LogP contribution in [0.1, 0.15) is 38.2 Å². The molecular formula is C21H21N3O5S2. The van der Waals surface area contributed by atoms with Gasteiger partial charge in [0.05, 0.1) is 29.9 Å². The first-order chi connectivity index (χ1) is 15.1. The van der Waals surface area contributed by atoms with E-state index in [4.69, 9.17) is 14.2 Å². The first kappa shape index (κ1) is 21.4. The molecule has 0 atom stereocenters. The van der Waals surface area contributed by atoms with E-state index in [-0.39, 0.29) is 17.6 Å². The Hall–Kier alpha value is -2.82. The van der Waals surface area contributed by atoms with Crippen LogP contribution in [0.5, 0.6) is 10.8 Å². The normalized spacial score (nSPS) is 12.1. The number of pyridine rings is 1. The van der Waals surface area contributed by atoms with Crippen LogP contribution in [0.3, 0.4) is 0 Å². The number of esters is 1. The number of aromatic nitrogens is 2. The van der Waals surface area contributed by atoms with Gasteiger partial charge in [0.1, 0.15) is 16.3 Å². The Morgan fingerprint density at radius 3 is 2.84 bits per heavy atom. The van der Waals surface area contributed by atoms with Crippen molar-refractivity contribution >= 4 is 34.7 Å². The molecule has 0 fully saturated rings. The maximum absolute atomic E-state index is 12.5. The highest BCUT2D eigenvalue weighted by Gasteiger charge is 2.31. The average molecular weight is 460 g/mol. The summed E-state index contributed by atoms with van der Waals surface area (Å²) < 4.78 is 20.6. The number of fused-ring (bicyclic) bond motifs is 3. The number of thiophene rings is 1. The third-order valence-electron chi connectivity index (χ3n) is 4.72. The van der Waals surface area contributed by atoms with E-state index in [0.29, 0.717) is 35.4 Å². The van der Waals surface area contributed by atoms with Crippen LogP contribution >= 0.6 is 22.9 Å². The Bertz CT molecular complexity index is 1090. The molecule has 0 radical (unpaired) electrons. The lowest BCUT2D eigenvalue weighted by Gasteiger charge is -2.14. The summed E-state index contributed by atoms with van der Waals surface area (Å²) in [5, 5.41) is 3.32. The lowest BCUT2D eigenvalue weighted by molar-refractivity contribution is 0.0530. The highest BCUT2D eigenvalue weighted by Crippen LogP contribution is 2.50. The molecule has 3 heterocycles. The van der Waals surface area contributed by atoms with Crippen molar-refractivity contribution in [1.29, 1.82) is 0 Å². The van der Waals surface area contributed by atoms with Crippen molar-refractivity contribution in [2.45, 2.75) is 19.8 Å². The van der Waals surface area contributed by atoms with E-state index >= 15 is 0 Å². The van der Waals surface area contributed by atoms with Crippen LogP contribution in [0.2, 0.25) is 0 Å². The molecule has 0 spiro atoms. The Kier molecular flexibility index (Phi) is 6.59. The van der Waals surface area contributed by atoms with Crippen molar-refractivity contribution in [1.82, 2.24) is 14.7 Å². The van der Waals surface area contributed by atoms with E-state index in [2.05, 4.69) is 14.7 Å². The fraction of sp³-hybridized carbons (Fsp3) is 0.333. The summed E-state index contributed by atoms with van der Waals surface area (Å²) in [7, 11) is 1.57. The first-order valence-corrected chi connectivity index (χ1v) is 11.4. The van der Waals surface area contributed by atoms with E-state index in [0.717, 1.165) is 34.4 Å². The molecule has 10 heteroatoms. The van der Waals surface area contributed by atoms with Crippen LogP contribution in [0.25, 0.3) is 10.4 Å². The predicted octanol–water partition coefficient (Wildman–Crippen LogP) is 3.71. The van der Waals surface area contributed by atoms with Gasteiger partial charge in [-0.15, -0.1) is 0 Å². The average Bonchev–Trinajstić information content (AvgIpc) is 3.39. The largest absolute Gasteiger partial charge is 0.462 e. The minimum absolute atomic E-state index is 0.281. The van der Waals surface area contributed by atoms with Gasteiger partial charge in [-0.1, -0.05) is 11.3 Å². The molecule has 1 N–H and O–H groups in total. The van der Waals surface area contributed by atoms with Crippen LogP contribution in [-0.2, 0) is 22.3 Å². The van der Waals surface area contributed by atoms with Gasteiger partial charge in [-0.25, -0.2) is 14.2 Å². The number of aryl methyl sites for hydroxylation is 1. The van der Waals surface area contributed by atoms with E-state index in [1.807, 2.05) is 6.20 Å². The standard InChI is InChI=1S/C21H21N3O5S2/c1-3-28-20(26)18-14-6-4-12-10-24-31-17(12)16(14)21(30-18)29-13-5-7-15(23-11-13)19(25)22-8-9-27-2/h5,7,10-11H,3-4,6,8-9H2,1-2H3,(H,22,25). The van der Waals surface area contributed by atoms with Crippen molar-refractivity contribution < 1.29 is 23.8 Å². The van der Waals surface area contributed by atoms with Gasteiger partial charge in [-0.2, -0.15) is 0 Å². The summed E-state index contributed by atoms with van der Waals surface area (Å²) in [6.07, 6.45) is 4.92. The molecule has 1 aliphatic carbocycles. The van der Waals surface area contributed by atoms with Gasteiger partial charge in [0, 0.05) is 19.9 Å². The minimum atomic E-state index is -0.340. The predicted molar refractivity (Wildman–Crippen MR) is 117 cm³/mol. The van der Waals surface area contributed by atoms with Crippen molar-refractivity contribution in [2.24, 2.45) is 0 Å². The molecule has 162 valence electrons. The molecule has 0 aromatic carbocycles. The van der Waals surface area contributed by atoms with Crippen LogP contribution in [0.15, 0.2) is 24.5 Å². The molecule has 1 aliphatic rings. The Morgan fingerprint density at radius 1 is 1.23 bits per heavy atom. The third-order valence-corrected chi connectivity index (χ3v) is 6.67. The van der Waals surface area contributed by atoms with E-state index in [9.17, 15) is 9.59 Å². The second-order valence-electron chi connectivity index (χ2n) is 6.70. The van der Waals surface area contributed by atoms with Crippen molar-refractivity contribution in [3.05, 3.63) is 46.2 Å². The minimum Gasteiger partial charge on any atom is -0.462 e. The lowest BCUT2D eigenvalue weighted by Crippen LogP contribution is -2.27. The highest BCUT2D eigenvalue weighted by molar-refractivity contribution is 7.17. The number of carbonyl (C=O) groups is 2. The van der Waals surface area contributed by atoms with Crippen LogP contribution in [-0.4, -0.2) is 48.1 Å². The zero-order valence-electron chi connectivity index (χ0n) is 17.1. The Balaban J connectivity index is 1.60. The fourth-order valence-electron chi connectivity index (χ4n) is 3.29. The molecule has 31 heavy (non-hydrogen) atoms. The zero-order valence-corrected chi connectivity index (χ0v) is 18.7. The third kappa shape index (κ3) is 4.46. The quantitative estimate of drug-likeness (QED) is 0.405. The maximum atomic E-state index is 12.5. The van der Waals surface area contributed by atoms with Crippen LogP contribution in [0, 0.1) is 0 Å². The molecular weight excluding hydrogens is 438 g/mol. The van der Waals surface area contributed by atoms with Crippen molar-refractivity contribution in [3.8, 4) is 21.3 Å². The summed E-state index contributed by atoms with van der Waals surface area (Å²) in [5.74, 6) is -0.145. The van der Waals surface area contributed by atoms with Gasteiger partial charge >= 0.3 is 5.97 Å². The van der Waals surface area contributed by atoms with Gasteiger partial charge in [0.25, 0.3) is 5.91 Å². The summed E-state index contributed by atoms with van der Waals surface area (Å²) in [6.45, 7) is 2.93. The van der Waals surface area contributed by atoms with Crippen molar-refractivity contribution in [2.75, 3.05) is 26.9 Å². The summed E-state index contributed by atoms with van der Waals surface area (Å²) in [5.41, 5.74) is 3.28. The Morgan fingerprint density at radius 2 is 2.10 bits per heavy atom. The lowest BCUT2D eigenvalue weighted by atomic mass is 9.93. The first-order valence-electron chi connectivity index (χ1n) is 9.80. The molecule has 4 rings (SSSR count). The monoisotopic (exact) mass is 459 g/mol. The van der Waals surface area contributed by atoms with Crippen molar-refractivity contribution in [3.63, 3.8) is 0 Å². The zero-order chi connectivity index (χ0) is 21.8. The molecule has 8 nitrogen and oxygen atoms in total. The SMILES string of the molecule is CCOC(=O)c1sc(Oc2ccc(C(=O)NCCOC)nc2)c2c1CCc1cnsc1-2. The molecule has 0 saturated carbocycles. The number of nitrogens with one attached hydrogen (secondary N) is 1. The summed E-state index contributed by atoms with van der Waals surface area (Å²) in [4.78, 5) is 30.4. The number of hydrogen-bond donors (Lipinski definition) is 1. The molecule has 0 unspecified atom stereocenters. The highest BCUT2D eigenvalue weighted by atomic mass is 32.1. The smallest absolute Gasteiger partial charge is 0.348 e. The topological polar surface area (TPSA) is 99.6 Å². The van der Waals surface area contributed by atoms with E-state index in [1.54, 1.807) is 26.2 Å². The van der Waals surface area contributed by atoms with E-state index in [1.165, 1.54) is 29.1 Å². The van der Waals surface area contributed by atoms with E-state index < -0.39 is 0 Å². The van der Waals surface area contributed by atoms with Gasteiger partial charge in [0.2, 0.25) is 0 Å². The number of ether oxygens (including phenoxy) is 3. The molecule has 3 aromatic heterocycles. The van der Waals surface area contributed by atoms with Crippen LogP contribution < -0.4 is 10.1 Å². The number of amides is 1. The maximum Gasteiger partial charge on any atom is 0.348 e. The number of rotatable bonds is 8. The Labute approximate surface area is 187 Å². The summed E-state index contributed by atoms with van der Waals surface area (Å²) >= 11 is 2.66. The second-order valence-corrected chi connectivity index (χ2v) is 8.49. The fourth-order valence-corrected chi connectivity index (χ4v) is 5.34. The van der Waals surface area contributed by atoms with Gasteiger partial charge in [-0.05, 0) is 54.6 Å². The number of carbonyl (C=O) groups excluding carboxylic acids is 2. The molecule has 0 aliphatic heterocycles. The second kappa shape index (κ2) is 9.54. The molecule has 0 saturated heterocycles. The van der Waals surface area contributed by atoms with Gasteiger partial charge in [0.15, 0.2) is 5.06 Å². The number of methoxy groups -OCH3 is 1. The number of hydrogen-bond acceptors (Lipinski definition) is 9. The molecule has 0 bridgehead atoms. The van der Waals surface area contributed by atoms with Crippen LogP contribution in [0.4, 0.5) is 0 Å². The van der Waals surface area contributed by atoms with Gasteiger partial charge in [-0.3, -0.25) is 4.79 Å². The van der Waals surface area contributed by atoms with Gasteiger partial charge < -0.3 is 19.5 Å².